The van der Waals surface area contributed by atoms with Crippen LogP contribution in [0.1, 0.15) is 19.8 Å². The predicted octanol–water partition coefficient (Wildman–Crippen LogP) is 1.60. The number of rotatable bonds is 7. The third-order valence-corrected chi connectivity index (χ3v) is 1.73. The van der Waals surface area contributed by atoms with Crippen LogP contribution in [0.25, 0.3) is 0 Å². The molecule has 0 aromatic carbocycles. The average Bonchev–Trinajstić information content (AvgIpc) is 2.14. The fourth-order valence-electron chi connectivity index (χ4n) is 1.10. The predicted molar refractivity (Wildman–Crippen MR) is 58.6 cm³/mol. The molecule has 0 bridgehead atoms. The van der Waals surface area contributed by atoms with Crippen molar-refractivity contribution in [2.24, 2.45) is 5.73 Å². The van der Waals surface area contributed by atoms with Crippen LogP contribution in [0.2, 0.25) is 0 Å². The molecule has 0 amide bonds. The lowest BCUT2D eigenvalue weighted by atomic mass is 10.1. The van der Waals surface area contributed by atoms with Gasteiger partial charge in [0, 0.05) is 19.1 Å². The fraction of sp³-hybridized carbons (Fsp3) is 0.545. The van der Waals surface area contributed by atoms with Crippen molar-refractivity contribution in [2.75, 3.05) is 13.1 Å². The van der Waals surface area contributed by atoms with Gasteiger partial charge < -0.3 is 11.1 Å². The third-order valence-electron chi connectivity index (χ3n) is 1.73. The van der Waals surface area contributed by atoms with Gasteiger partial charge in [0.05, 0.1) is 0 Å². The number of hydrogen-bond donors (Lipinski definition) is 2. The summed E-state index contributed by atoms with van der Waals surface area (Å²) in [6.07, 6.45) is 8.32. The first kappa shape index (κ1) is 12.2. The van der Waals surface area contributed by atoms with Gasteiger partial charge in [0.2, 0.25) is 0 Å². The molecule has 0 aliphatic carbocycles. The van der Waals surface area contributed by atoms with E-state index in [-0.39, 0.29) is 0 Å². The molecule has 13 heavy (non-hydrogen) atoms. The lowest BCUT2D eigenvalue weighted by Crippen LogP contribution is -2.27. The first-order valence-electron chi connectivity index (χ1n) is 4.79. The second-order valence-electron chi connectivity index (χ2n) is 2.88. The highest BCUT2D eigenvalue weighted by Crippen LogP contribution is 1.97. The Morgan fingerprint density at radius 1 is 1.62 bits per heavy atom. The first-order valence-corrected chi connectivity index (χ1v) is 4.79. The van der Waals surface area contributed by atoms with E-state index < -0.39 is 0 Å². The molecule has 1 unspecified atom stereocenters. The minimum atomic E-state index is 0.429. The van der Waals surface area contributed by atoms with E-state index in [0.29, 0.717) is 12.6 Å². The molecule has 0 fully saturated rings. The van der Waals surface area contributed by atoms with Crippen molar-refractivity contribution in [3.8, 4) is 0 Å². The van der Waals surface area contributed by atoms with E-state index in [4.69, 9.17) is 5.73 Å². The Morgan fingerprint density at radius 2 is 2.38 bits per heavy atom. The van der Waals surface area contributed by atoms with Gasteiger partial charge in [0.1, 0.15) is 0 Å². The van der Waals surface area contributed by atoms with Crippen LogP contribution in [-0.4, -0.2) is 19.1 Å². The van der Waals surface area contributed by atoms with Crippen molar-refractivity contribution >= 4 is 0 Å². The van der Waals surface area contributed by atoms with Crippen molar-refractivity contribution in [3.63, 3.8) is 0 Å². The molecule has 0 rings (SSSR count). The molecule has 0 aromatic rings. The van der Waals surface area contributed by atoms with Gasteiger partial charge in [-0.05, 0) is 12.5 Å². The van der Waals surface area contributed by atoms with Gasteiger partial charge in [-0.15, -0.1) is 5.73 Å². The summed E-state index contributed by atoms with van der Waals surface area (Å²) in [4.78, 5) is 0. The van der Waals surface area contributed by atoms with Gasteiger partial charge in [-0.25, -0.2) is 0 Å². The molecule has 74 valence electrons. The molecule has 0 heterocycles. The molecule has 0 spiro atoms. The van der Waals surface area contributed by atoms with Crippen molar-refractivity contribution in [3.05, 3.63) is 30.5 Å². The quantitative estimate of drug-likeness (QED) is 0.461. The zero-order chi connectivity index (χ0) is 9.94. The standard InChI is InChI=1S/C11H20N2/c1-3-5-10-13-11(7-4-2)8-6-9-12/h5-6,8,11,13H,1,4,7,9-10,12H2,2H3. The van der Waals surface area contributed by atoms with Crippen LogP contribution in [0.15, 0.2) is 30.5 Å². The van der Waals surface area contributed by atoms with Gasteiger partial charge >= 0.3 is 0 Å². The smallest absolute Gasteiger partial charge is 0.0253 e. The summed E-state index contributed by atoms with van der Waals surface area (Å²) in [6, 6.07) is 0.429. The Bertz CT molecular complexity index is 179. The van der Waals surface area contributed by atoms with Crippen molar-refractivity contribution in [2.45, 2.75) is 25.8 Å². The number of hydrogen-bond acceptors (Lipinski definition) is 2. The second kappa shape index (κ2) is 9.27. The van der Waals surface area contributed by atoms with Crippen LogP contribution in [0.5, 0.6) is 0 Å². The van der Waals surface area contributed by atoms with Crippen LogP contribution >= 0.6 is 0 Å². The van der Waals surface area contributed by atoms with Crippen LogP contribution < -0.4 is 11.1 Å². The summed E-state index contributed by atoms with van der Waals surface area (Å²) in [5.74, 6) is 0. The fourth-order valence-corrected chi connectivity index (χ4v) is 1.10. The molecular weight excluding hydrogens is 160 g/mol. The van der Waals surface area contributed by atoms with Crippen molar-refractivity contribution < 1.29 is 0 Å². The van der Waals surface area contributed by atoms with E-state index in [1.165, 1.54) is 6.42 Å². The highest BCUT2D eigenvalue weighted by molar-refractivity contribution is 4.95. The Labute approximate surface area is 81.2 Å². The molecule has 0 aliphatic rings. The van der Waals surface area contributed by atoms with Gasteiger partial charge in [0.25, 0.3) is 0 Å². The highest BCUT2D eigenvalue weighted by atomic mass is 14.9. The van der Waals surface area contributed by atoms with Crippen LogP contribution in [0.4, 0.5) is 0 Å². The largest absolute Gasteiger partial charge is 0.327 e. The highest BCUT2D eigenvalue weighted by Gasteiger charge is 1.99. The van der Waals surface area contributed by atoms with E-state index >= 15 is 0 Å². The van der Waals surface area contributed by atoms with Gasteiger partial charge in [-0.1, -0.05) is 32.1 Å². The van der Waals surface area contributed by atoms with Crippen LogP contribution in [0, 0.1) is 0 Å². The molecular formula is C11H20N2. The summed E-state index contributed by atoms with van der Waals surface area (Å²) in [6.45, 7) is 7.11. The summed E-state index contributed by atoms with van der Waals surface area (Å²) >= 11 is 0. The topological polar surface area (TPSA) is 38.0 Å². The molecule has 1 atom stereocenters. The van der Waals surface area contributed by atoms with Crippen LogP contribution in [0.3, 0.4) is 0 Å². The zero-order valence-corrected chi connectivity index (χ0v) is 8.42. The van der Waals surface area contributed by atoms with E-state index in [1.54, 1.807) is 0 Å². The van der Waals surface area contributed by atoms with E-state index in [2.05, 4.69) is 30.6 Å². The monoisotopic (exact) mass is 180 g/mol. The second-order valence-corrected chi connectivity index (χ2v) is 2.88. The Morgan fingerprint density at radius 3 is 2.92 bits per heavy atom. The van der Waals surface area contributed by atoms with Crippen molar-refractivity contribution in [1.29, 1.82) is 0 Å². The summed E-state index contributed by atoms with van der Waals surface area (Å²) in [5, 5.41) is 3.36. The molecule has 2 nitrogen and oxygen atoms in total. The lowest BCUT2D eigenvalue weighted by Gasteiger charge is -2.11. The maximum absolute atomic E-state index is 5.38. The zero-order valence-electron chi connectivity index (χ0n) is 8.42. The SMILES string of the molecule is C=C=CCNC(C=CCN)CCC. The van der Waals surface area contributed by atoms with Gasteiger partial charge in [-0.2, -0.15) is 0 Å². The lowest BCUT2D eigenvalue weighted by molar-refractivity contribution is 0.580. The molecule has 0 radical (unpaired) electrons. The minimum absolute atomic E-state index is 0.429. The Balaban J connectivity index is 3.78. The minimum Gasteiger partial charge on any atom is -0.327 e. The molecule has 0 saturated heterocycles. The first-order chi connectivity index (χ1) is 6.35. The van der Waals surface area contributed by atoms with E-state index in [1.807, 2.05) is 12.2 Å². The molecule has 3 N–H and O–H groups in total. The van der Waals surface area contributed by atoms with Gasteiger partial charge in [-0.3, -0.25) is 0 Å². The molecule has 0 saturated carbocycles. The maximum atomic E-state index is 5.38. The molecule has 2 heteroatoms. The Hall–Kier alpha value is -0.820. The number of nitrogens with two attached hydrogens (primary N) is 1. The summed E-state index contributed by atoms with van der Waals surface area (Å²) in [7, 11) is 0. The summed E-state index contributed by atoms with van der Waals surface area (Å²) in [5.41, 5.74) is 8.12. The maximum Gasteiger partial charge on any atom is 0.0253 e. The third kappa shape index (κ3) is 7.54. The average molecular weight is 180 g/mol. The van der Waals surface area contributed by atoms with E-state index in [9.17, 15) is 0 Å². The molecule has 0 aromatic heterocycles. The number of nitrogens with one attached hydrogen (secondary N) is 1. The van der Waals surface area contributed by atoms with Crippen molar-refractivity contribution in [1.82, 2.24) is 5.32 Å². The Kier molecular flexibility index (Phi) is 8.68. The normalized spacial score (nSPS) is 12.8. The van der Waals surface area contributed by atoms with Crippen LogP contribution in [-0.2, 0) is 0 Å². The van der Waals surface area contributed by atoms with E-state index in [0.717, 1.165) is 13.0 Å². The van der Waals surface area contributed by atoms with Gasteiger partial charge in [0.15, 0.2) is 0 Å². The summed E-state index contributed by atoms with van der Waals surface area (Å²) < 4.78 is 0. The molecule has 0 aliphatic heterocycles.